The van der Waals surface area contributed by atoms with Crippen molar-refractivity contribution >= 4 is 11.8 Å². The summed E-state index contributed by atoms with van der Waals surface area (Å²) in [5.41, 5.74) is 1.03. The third kappa shape index (κ3) is 6.46. The van der Waals surface area contributed by atoms with E-state index in [0.717, 1.165) is 18.4 Å². The van der Waals surface area contributed by atoms with E-state index in [2.05, 4.69) is 5.32 Å². The smallest absolute Gasteiger partial charge is 0.275 e. The fourth-order valence-electron chi connectivity index (χ4n) is 3.33. The van der Waals surface area contributed by atoms with Crippen LogP contribution in [0.2, 0.25) is 0 Å². The molecule has 1 saturated carbocycles. The summed E-state index contributed by atoms with van der Waals surface area (Å²) in [6, 6.07) is 6.93. The molecule has 2 N–H and O–H groups in total. The minimum absolute atomic E-state index is 0.0281. The number of hydrogen-bond acceptors (Lipinski definition) is 2. The molecule has 0 spiro atoms. The van der Waals surface area contributed by atoms with E-state index in [1.54, 1.807) is 26.2 Å². The zero-order valence-corrected chi connectivity index (χ0v) is 15.2. The monoisotopic (exact) mass is 350 g/mol. The maximum absolute atomic E-state index is 13.1. The van der Waals surface area contributed by atoms with Crippen LogP contribution in [0.1, 0.15) is 37.7 Å². The number of nitrogens with one attached hydrogen (secondary N) is 2. The summed E-state index contributed by atoms with van der Waals surface area (Å²) in [5, 5.41) is 2.72. The maximum Gasteiger partial charge on any atom is 0.275 e. The first kappa shape index (κ1) is 19.4. The van der Waals surface area contributed by atoms with Gasteiger partial charge in [-0.3, -0.25) is 9.59 Å². The van der Waals surface area contributed by atoms with E-state index in [9.17, 15) is 14.0 Å². The van der Waals surface area contributed by atoms with Gasteiger partial charge < -0.3 is 15.1 Å². The fraction of sp³-hybridized carbons (Fsp3) is 0.579. The molecule has 5 nitrogen and oxygen atoms in total. The Morgan fingerprint density at radius 2 is 1.80 bits per heavy atom. The minimum atomic E-state index is -0.247. The topological polar surface area (TPSA) is 53.9 Å². The molecule has 0 bridgehead atoms. The van der Waals surface area contributed by atoms with Gasteiger partial charge in [0, 0.05) is 19.7 Å². The van der Waals surface area contributed by atoms with Crippen LogP contribution in [0.15, 0.2) is 24.3 Å². The summed E-state index contributed by atoms with van der Waals surface area (Å²) in [4.78, 5) is 26.6. The second-order valence-electron chi connectivity index (χ2n) is 7.04. The van der Waals surface area contributed by atoms with Crippen molar-refractivity contribution in [2.75, 3.05) is 27.2 Å². The highest BCUT2D eigenvalue weighted by Gasteiger charge is 2.27. The zero-order valence-electron chi connectivity index (χ0n) is 15.2. The second kappa shape index (κ2) is 9.51. The highest BCUT2D eigenvalue weighted by atomic mass is 19.1. The van der Waals surface area contributed by atoms with Crippen LogP contribution in [0.4, 0.5) is 4.39 Å². The van der Waals surface area contributed by atoms with Crippen molar-refractivity contribution in [3.63, 3.8) is 0 Å². The molecule has 0 heterocycles. The summed E-state index contributed by atoms with van der Waals surface area (Å²) >= 11 is 0. The van der Waals surface area contributed by atoms with Crippen LogP contribution in [0.5, 0.6) is 0 Å². The molecule has 2 amide bonds. The van der Waals surface area contributed by atoms with Gasteiger partial charge in [-0.15, -0.1) is 0 Å². The van der Waals surface area contributed by atoms with Crippen LogP contribution in [0.3, 0.4) is 0 Å². The maximum atomic E-state index is 13.1. The van der Waals surface area contributed by atoms with Gasteiger partial charge in [0.25, 0.3) is 5.91 Å². The number of carbonyl (C=O) groups is 2. The Balaban J connectivity index is 1.97. The van der Waals surface area contributed by atoms with Crippen molar-refractivity contribution in [2.45, 2.75) is 44.7 Å². The largest absolute Gasteiger partial charge is 0.347 e. The molecule has 0 aromatic heterocycles. The number of likely N-dealkylation sites (N-methyl/N-ethyl adjacent to an activating group) is 1. The molecule has 1 aromatic rings. The van der Waals surface area contributed by atoms with Gasteiger partial charge in [-0.1, -0.05) is 18.6 Å². The average Bonchev–Trinajstić information content (AvgIpc) is 2.61. The van der Waals surface area contributed by atoms with E-state index >= 15 is 0 Å². The van der Waals surface area contributed by atoms with Gasteiger partial charge >= 0.3 is 0 Å². The van der Waals surface area contributed by atoms with Gasteiger partial charge in [0.05, 0.1) is 12.6 Å². The van der Waals surface area contributed by atoms with Crippen molar-refractivity contribution in [1.82, 2.24) is 10.2 Å². The van der Waals surface area contributed by atoms with Crippen molar-refractivity contribution in [3.8, 4) is 0 Å². The summed E-state index contributed by atoms with van der Waals surface area (Å²) in [5.74, 6) is -0.480. The standard InChI is InChI=1S/C19H28FN3O2/c1-22(2)19(25)12-21-18(24)14-23(17-6-4-3-5-7-17)13-15-8-10-16(20)11-9-15/h8-11,17H,3-7,12-14H2,1-2H3,(H,21,24)/p+1. The van der Waals surface area contributed by atoms with Crippen LogP contribution in [0, 0.1) is 5.82 Å². The van der Waals surface area contributed by atoms with Gasteiger partial charge in [-0.05, 0) is 37.8 Å². The van der Waals surface area contributed by atoms with Crippen molar-refractivity contribution in [3.05, 3.63) is 35.6 Å². The molecule has 1 fully saturated rings. The summed E-state index contributed by atoms with van der Waals surface area (Å²) < 4.78 is 13.1. The fourth-order valence-corrected chi connectivity index (χ4v) is 3.33. The van der Waals surface area contributed by atoms with Gasteiger partial charge in [0.2, 0.25) is 5.91 Å². The molecule has 0 radical (unpaired) electrons. The lowest BCUT2D eigenvalue weighted by atomic mass is 9.93. The molecule has 1 unspecified atom stereocenters. The Morgan fingerprint density at radius 3 is 2.40 bits per heavy atom. The second-order valence-corrected chi connectivity index (χ2v) is 7.04. The molecule has 1 aromatic carbocycles. The highest BCUT2D eigenvalue weighted by Crippen LogP contribution is 2.15. The number of halogens is 1. The SMILES string of the molecule is CN(C)C(=O)CNC(=O)C[NH+](Cc1ccc(F)cc1)C1CCCCC1. The van der Waals surface area contributed by atoms with Crippen molar-refractivity contribution in [1.29, 1.82) is 0 Å². The molecule has 1 atom stereocenters. The first-order chi connectivity index (χ1) is 12.0. The highest BCUT2D eigenvalue weighted by molar-refractivity contribution is 5.84. The van der Waals surface area contributed by atoms with Gasteiger partial charge in [-0.2, -0.15) is 0 Å². The van der Waals surface area contributed by atoms with Crippen LogP contribution < -0.4 is 10.2 Å². The van der Waals surface area contributed by atoms with Gasteiger partial charge in [0.15, 0.2) is 6.54 Å². The molecule has 138 valence electrons. The number of hydrogen-bond donors (Lipinski definition) is 2. The lowest BCUT2D eigenvalue weighted by Gasteiger charge is -2.31. The Labute approximate surface area is 149 Å². The van der Waals surface area contributed by atoms with Crippen LogP contribution in [-0.2, 0) is 16.1 Å². The molecule has 1 aliphatic carbocycles. The molecule has 6 heteroatoms. The van der Waals surface area contributed by atoms with Crippen LogP contribution >= 0.6 is 0 Å². The van der Waals surface area contributed by atoms with Crippen LogP contribution in [0.25, 0.3) is 0 Å². The Kier molecular flexibility index (Phi) is 7.37. The van der Waals surface area contributed by atoms with Crippen molar-refractivity contribution < 1.29 is 18.9 Å². The number of quaternary nitrogens is 1. The third-order valence-electron chi connectivity index (χ3n) is 4.85. The Hall–Kier alpha value is -1.95. The molecule has 0 saturated heterocycles. The van der Waals surface area contributed by atoms with Crippen LogP contribution in [-0.4, -0.2) is 49.9 Å². The first-order valence-electron chi connectivity index (χ1n) is 9.01. The van der Waals surface area contributed by atoms with E-state index in [1.807, 2.05) is 0 Å². The Bertz CT molecular complexity index is 569. The minimum Gasteiger partial charge on any atom is -0.347 e. The number of rotatable bonds is 7. The van der Waals surface area contributed by atoms with E-state index in [-0.39, 0.29) is 24.2 Å². The molecular weight excluding hydrogens is 321 g/mol. The predicted octanol–water partition coefficient (Wildman–Crippen LogP) is 0.748. The van der Waals surface area contributed by atoms with Gasteiger partial charge in [0.1, 0.15) is 12.4 Å². The molecule has 25 heavy (non-hydrogen) atoms. The van der Waals surface area contributed by atoms with E-state index in [1.165, 1.54) is 41.2 Å². The van der Waals surface area contributed by atoms with E-state index in [4.69, 9.17) is 0 Å². The third-order valence-corrected chi connectivity index (χ3v) is 4.85. The summed E-state index contributed by atoms with van der Waals surface area (Å²) in [6.07, 6.45) is 5.86. The number of benzene rings is 1. The lowest BCUT2D eigenvalue weighted by molar-refractivity contribution is -0.932. The average molecular weight is 350 g/mol. The molecular formula is C19H29FN3O2+. The van der Waals surface area contributed by atoms with E-state index in [0.29, 0.717) is 19.1 Å². The summed E-state index contributed by atoms with van der Waals surface area (Å²) in [7, 11) is 3.34. The van der Waals surface area contributed by atoms with Gasteiger partial charge in [-0.25, -0.2) is 4.39 Å². The molecule has 0 aliphatic heterocycles. The number of amides is 2. The predicted molar refractivity (Wildman–Crippen MR) is 94.5 cm³/mol. The summed E-state index contributed by atoms with van der Waals surface area (Å²) in [6.45, 7) is 1.06. The molecule has 1 aliphatic rings. The molecule has 2 rings (SSSR count). The van der Waals surface area contributed by atoms with E-state index < -0.39 is 0 Å². The quantitative estimate of drug-likeness (QED) is 0.762. The lowest BCUT2D eigenvalue weighted by Crippen LogP contribution is -3.15. The first-order valence-corrected chi connectivity index (χ1v) is 9.01. The Morgan fingerprint density at radius 1 is 1.16 bits per heavy atom. The zero-order chi connectivity index (χ0) is 18.2. The number of nitrogens with zero attached hydrogens (tertiary/aromatic N) is 1. The number of carbonyl (C=O) groups excluding carboxylic acids is 2. The van der Waals surface area contributed by atoms with Crippen molar-refractivity contribution in [2.24, 2.45) is 0 Å². The normalized spacial score (nSPS) is 16.3.